The molecule has 1 spiro atoms. The van der Waals surface area contributed by atoms with Gasteiger partial charge in [0, 0.05) is 17.1 Å². The molecule has 11 rings (SSSR count). The fourth-order valence-electron chi connectivity index (χ4n) is 9.28. The van der Waals surface area contributed by atoms with Gasteiger partial charge >= 0.3 is 0 Å². The number of ether oxygens (including phenoxy) is 1. The lowest BCUT2D eigenvalue weighted by Crippen LogP contribution is -2.31. The normalized spacial score (nSPS) is 22.0. The number of fused-ring (bicyclic) bond motifs is 11. The van der Waals surface area contributed by atoms with Crippen LogP contribution in [-0.2, 0) is 5.41 Å². The van der Waals surface area contributed by atoms with Crippen LogP contribution >= 0.6 is 0 Å². The molecule has 0 radical (unpaired) electrons. The molecule has 0 saturated carbocycles. The lowest BCUT2D eigenvalue weighted by molar-refractivity contribution is 0.344. The van der Waals surface area contributed by atoms with E-state index in [0.29, 0.717) is 5.92 Å². The second-order valence-electron chi connectivity index (χ2n) is 13.1. The van der Waals surface area contributed by atoms with Gasteiger partial charge in [-0.15, -0.1) is 0 Å². The van der Waals surface area contributed by atoms with E-state index in [1.54, 1.807) is 0 Å². The number of benzene rings is 6. The highest BCUT2D eigenvalue weighted by Gasteiger charge is 2.50. The summed E-state index contributed by atoms with van der Waals surface area (Å²) < 4.78 is 6.82. The molecule has 3 unspecified atom stereocenters. The monoisotopic (exact) mass is 584 g/mol. The minimum absolute atomic E-state index is 0.186. The summed E-state index contributed by atoms with van der Waals surface area (Å²) in [5, 5.41) is 2.65. The zero-order valence-corrected chi connectivity index (χ0v) is 25.1. The molecule has 0 aromatic heterocycles. The van der Waals surface area contributed by atoms with E-state index in [1.165, 1.54) is 77.6 Å². The molecule has 1 aliphatic heterocycles. The van der Waals surface area contributed by atoms with Gasteiger partial charge in [0.05, 0.1) is 11.3 Å². The van der Waals surface area contributed by atoms with Crippen molar-refractivity contribution in [2.75, 3.05) is 0 Å². The summed E-state index contributed by atoms with van der Waals surface area (Å²) in [5.74, 6) is 2.48. The number of hydrogen-bond acceptors (Lipinski definition) is 1. The first-order valence-electron chi connectivity index (χ1n) is 16.3. The quantitative estimate of drug-likeness (QED) is 0.186. The van der Waals surface area contributed by atoms with Gasteiger partial charge in [-0.2, -0.15) is 0 Å². The van der Waals surface area contributed by atoms with E-state index in [2.05, 4.69) is 158 Å². The lowest BCUT2D eigenvalue weighted by atomic mass is 9.61. The van der Waals surface area contributed by atoms with Crippen molar-refractivity contribution >= 4 is 21.9 Å². The molecule has 4 aliphatic carbocycles. The predicted octanol–water partition coefficient (Wildman–Crippen LogP) is 10.7. The zero-order chi connectivity index (χ0) is 30.0. The molecule has 0 amide bonds. The molecule has 6 aromatic rings. The lowest BCUT2D eigenvalue weighted by Gasteiger charge is -2.40. The second-order valence-corrected chi connectivity index (χ2v) is 13.1. The van der Waals surface area contributed by atoms with Crippen molar-refractivity contribution in [2.45, 2.75) is 5.41 Å². The Hall–Kier alpha value is -5.66. The molecule has 0 saturated heterocycles. The van der Waals surface area contributed by atoms with E-state index in [-0.39, 0.29) is 5.92 Å². The summed E-state index contributed by atoms with van der Waals surface area (Å²) in [6.45, 7) is 0. The topological polar surface area (TPSA) is 9.23 Å². The van der Waals surface area contributed by atoms with Gasteiger partial charge in [0.25, 0.3) is 0 Å². The summed E-state index contributed by atoms with van der Waals surface area (Å²) in [6.07, 6.45) is 11.4. The Kier molecular flexibility index (Phi) is 4.68. The van der Waals surface area contributed by atoms with Gasteiger partial charge < -0.3 is 4.74 Å². The van der Waals surface area contributed by atoms with Crippen molar-refractivity contribution in [2.24, 2.45) is 11.8 Å². The van der Waals surface area contributed by atoms with Gasteiger partial charge in [0.2, 0.25) is 0 Å². The largest absolute Gasteiger partial charge is 0.460 e. The maximum atomic E-state index is 6.82. The molecule has 3 atom stereocenters. The van der Waals surface area contributed by atoms with Crippen LogP contribution in [0.2, 0.25) is 0 Å². The van der Waals surface area contributed by atoms with Crippen LogP contribution in [0.1, 0.15) is 33.4 Å². The third-order valence-corrected chi connectivity index (χ3v) is 11.1. The smallest absolute Gasteiger partial charge is 0.134 e. The van der Waals surface area contributed by atoms with E-state index >= 15 is 0 Å². The molecule has 0 N–H and O–H groups in total. The Bertz CT molecular complexity index is 2460. The van der Waals surface area contributed by atoms with Crippen molar-refractivity contribution in [1.82, 2.24) is 0 Å². The third kappa shape index (κ3) is 2.92. The Balaban J connectivity index is 1.19. The number of allylic oxidation sites excluding steroid dienone is 7. The van der Waals surface area contributed by atoms with Gasteiger partial charge in [0.15, 0.2) is 0 Å². The van der Waals surface area contributed by atoms with Gasteiger partial charge in [0.1, 0.15) is 11.5 Å². The first kappa shape index (κ1) is 24.6. The van der Waals surface area contributed by atoms with Crippen molar-refractivity contribution in [3.63, 3.8) is 0 Å². The Morgan fingerprint density at radius 3 is 2.07 bits per heavy atom. The summed E-state index contributed by atoms with van der Waals surface area (Å²) in [7, 11) is 0. The highest BCUT2D eigenvalue weighted by atomic mass is 16.5. The van der Waals surface area contributed by atoms with Crippen LogP contribution in [0.5, 0.6) is 5.75 Å². The van der Waals surface area contributed by atoms with Gasteiger partial charge in [-0.25, -0.2) is 0 Å². The fraction of sp³-hybridized carbons (Fsp3) is 0.0667. The number of rotatable bonds is 1. The SMILES string of the molecule is C1=CC2C=CC(c3ccc4c(c3)-c3ccccc3C43c4ccccc4-c4cccc5cccc3c45)=C3Oc4ccccc4C(=C1)C32. The van der Waals surface area contributed by atoms with Gasteiger partial charge in [-0.3, -0.25) is 0 Å². The molecule has 1 heteroatoms. The molecule has 1 heterocycles. The van der Waals surface area contributed by atoms with Crippen molar-refractivity contribution < 1.29 is 4.74 Å². The second kappa shape index (κ2) is 8.74. The maximum absolute atomic E-state index is 6.82. The molecule has 5 aliphatic rings. The Morgan fingerprint density at radius 1 is 0.543 bits per heavy atom. The van der Waals surface area contributed by atoms with Crippen LogP contribution in [0.15, 0.2) is 164 Å². The summed E-state index contributed by atoms with van der Waals surface area (Å²) in [5.41, 5.74) is 15.2. The number of para-hydroxylation sites is 1. The summed E-state index contributed by atoms with van der Waals surface area (Å²) >= 11 is 0. The van der Waals surface area contributed by atoms with Crippen LogP contribution in [0.3, 0.4) is 0 Å². The van der Waals surface area contributed by atoms with Crippen molar-refractivity contribution in [1.29, 1.82) is 0 Å². The van der Waals surface area contributed by atoms with Crippen LogP contribution in [0.4, 0.5) is 0 Å². The van der Waals surface area contributed by atoms with E-state index in [1.807, 2.05) is 0 Å². The third-order valence-electron chi connectivity index (χ3n) is 11.1. The van der Waals surface area contributed by atoms with E-state index in [0.717, 1.165) is 11.5 Å². The standard InChI is InChI=1S/C45H28O/c1-4-18-37-31(13-1)34-16-7-10-27-12-9-20-40(42(27)34)45(37)38-19-5-2-14-32(38)36-26-29(23-25-39(36)45)30-24-22-28-11-8-17-35-33-15-3-6-21-41(33)46-44(30)43(28)35/h1-26,28,43H. The fourth-order valence-corrected chi connectivity index (χ4v) is 9.28. The zero-order valence-electron chi connectivity index (χ0n) is 25.1. The van der Waals surface area contributed by atoms with Crippen molar-refractivity contribution in [3.05, 3.63) is 197 Å². The van der Waals surface area contributed by atoms with E-state index < -0.39 is 5.41 Å². The molecule has 0 bridgehead atoms. The molecule has 6 aromatic carbocycles. The Morgan fingerprint density at radius 2 is 1.22 bits per heavy atom. The van der Waals surface area contributed by atoms with Crippen LogP contribution in [0.25, 0.3) is 44.2 Å². The summed E-state index contributed by atoms with van der Waals surface area (Å²) in [6, 6.07) is 47.4. The summed E-state index contributed by atoms with van der Waals surface area (Å²) in [4.78, 5) is 0. The van der Waals surface area contributed by atoms with E-state index in [4.69, 9.17) is 4.74 Å². The molecular weight excluding hydrogens is 556 g/mol. The van der Waals surface area contributed by atoms with Crippen LogP contribution in [0, 0.1) is 11.8 Å². The Labute approximate surface area is 268 Å². The molecule has 1 nitrogen and oxygen atoms in total. The molecule has 46 heavy (non-hydrogen) atoms. The average molecular weight is 585 g/mol. The maximum Gasteiger partial charge on any atom is 0.134 e. The first-order valence-corrected chi connectivity index (χ1v) is 16.3. The highest BCUT2D eigenvalue weighted by Crippen LogP contribution is 2.62. The van der Waals surface area contributed by atoms with Crippen molar-refractivity contribution in [3.8, 4) is 28.0 Å². The molecule has 0 fully saturated rings. The molecular formula is C45H28O. The average Bonchev–Trinajstić information content (AvgIpc) is 3.41. The molecule has 214 valence electrons. The van der Waals surface area contributed by atoms with Gasteiger partial charge in [-0.1, -0.05) is 146 Å². The first-order chi connectivity index (χ1) is 22.8. The minimum Gasteiger partial charge on any atom is -0.460 e. The van der Waals surface area contributed by atoms with Crippen LogP contribution < -0.4 is 4.74 Å². The van der Waals surface area contributed by atoms with Crippen LogP contribution in [-0.4, -0.2) is 0 Å². The van der Waals surface area contributed by atoms with E-state index in [9.17, 15) is 0 Å². The predicted molar refractivity (Wildman–Crippen MR) is 187 cm³/mol. The highest BCUT2D eigenvalue weighted by molar-refractivity contribution is 6.07. The van der Waals surface area contributed by atoms with Gasteiger partial charge in [-0.05, 0) is 78.5 Å². The minimum atomic E-state index is -0.398. The number of hydrogen-bond donors (Lipinski definition) is 0.